The number of thiophene rings is 1. The van der Waals surface area contributed by atoms with Crippen molar-refractivity contribution in [1.29, 1.82) is 0 Å². The van der Waals surface area contributed by atoms with Gasteiger partial charge in [0.15, 0.2) is 11.5 Å². The number of carbonyl (C=O) groups is 1. The first-order valence-corrected chi connectivity index (χ1v) is 12.8. The van der Waals surface area contributed by atoms with Crippen LogP contribution in [-0.2, 0) is 27.8 Å². The molecule has 0 radical (unpaired) electrons. The van der Waals surface area contributed by atoms with Gasteiger partial charge >= 0.3 is 0 Å². The highest BCUT2D eigenvalue weighted by molar-refractivity contribution is 7.88. The fourth-order valence-corrected chi connectivity index (χ4v) is 4.98. The number of amides is 1. The van der Waals surface area contributed by atoms with Crippen molar-refractivity contribution >= 4 is 27.3 Å². The molecular weight excluding hydrogens is 436 g/mol. The first-order valence-electron chi connectivity index (χ1n) is 10.2. The summed E-state index contributed by atoms with van der Waals surface area (Å²) in [6.07, 6.45) is 2.41. The topological polar surface area (TPSA) is 76.2 Å². The molecule has 31 heavy (non-hydrogen) atoms. The highest BCUT2D eigenvalue weighted by atomic mass is 32.2. The van der Waals surface area contributed by atoms with Crippen LogP contribution in [0.4, 0.5) is 0 Å². The molecule has 0 saturated heterocycles. The number of methoxy groups -OCH3 is 2. The van der Waals surface area contributed by atoms with Crippen molar-refractivity contribution in [2.45, 2.75) is 33.2 Å². The second-order valence-electron chi connectivity index (χ2n) is 7.36. The number of aryl methyl sites for hydroxylation is 1. The molecule has 9 heteroatoms. The summed E-state index contributed by atoms with van der Waals surface area (Å²) in [5.41, 5.74) is 1.01. The van der Waals surface area contributed by atoms with Crippen LogP contribution < -0.4 is 9.47 Å². The van der Waals surface area contributed by atoms with E-state index in [9.17, 15) is 13.2 Å². The summed E-state index contributed by atoms with van der Waals surface area (Å²) in [4.78, 5) is 17.1. The van der Waals surface area contributed by atoms with E-state index in [1.54, 1.807) is 30.5 Å². The molecule has 0 atom stereocenters. The summed E-state index contributed by atoms with van der Waals surface area (Å²) in [5, 5.41) is 0. The lowest BCUT2D eigenvalue weighted by Crippen LogP contribution is -2.43. The molecular formula is C22H32N2O5S2. The maximum Gasteiger partial charge on any atom is 0.238 e. The molecule has 0 unspecified atom stereocenters. The van der Waals surface area contributed by atoms with Gasteiger partial charge in [-0.05, 0) is 49.6 Å². The largest absolute Gasteiger partial charge is 0.493 e. The van der Waals surface area contributed by atoms with E-state index < -0.39 is 10.0 Å². The summed E-state index contributed by atoms with van der Waals surface area (Å²) in [6, 6.07) is 9.72. The minimum Gasteiger partial charge on any atom is -0.493 e. The molecule has 0 N–H and O–H groups in total. The second-order valence-corrected chi connectivity index (χ2v) is 10.7. The van der Waals surface area contributed by atoms with Gasteiger partial charge in [-0.3, -0.25) is 4.79 Å². The van der Waals surface area contributed by atoms with E-state index >= 15 is 0 Å². The Morgan fingerprint density at radius 2 is 1.77 bits per heavy atom. The SMILES string of the molecule is CCCN(CC(=O)N(CCc1ccc(OC)c(OC)c1)Cc1ccc(C)s1)S(C)(=O)=O. The van der Waals surface area contributed by atoms with Crippen LogP contribution in [0.5, 0.6) is 11.5 Å². The van der Waals surface area contributed by atoms with Crippen molar-refractivity contribution in [2.75, 3.05) is 40.1 Å². The summed E-state index contributed by atoms with van der Waals surface area (Å²) < 4.78 is 36.1. The van der Waals surface area contributed by atoms with Crippen LogP contribution in [0.1, 0.15) is 28.7 Å². The van der Waals surface area contributed by atoms with Crippen molar-refractivity contribution in [3.63, 3.8) is 0 Å². The van der Waals surface area contributed by atoms with E-state index in [0.717, 1.165) is 16.7 Å². The Labute approximate surface area is 189 Å². The van der Waals surface area contributed by atoms with Crippen LogP contribution >= 0.6 is 11.3 Å². The lowest BCUT2D eigenvalue weighted by atomic mass is 10.1. The molecule has 2 aromatic rings. The van der Waals surface area contributed by atoms with Crippen molar-refractivity contribution in [3.8, 4) is 11.5 Å². The van der Waals surface area contributed by atoms with E-state index in [2.05, 4.69) is 0 Å². The third kappa shape index (κ3) is 7.52. The highest BCUT2D eigenvalue weighted by Gasteiger charge is 2.23. The normalized spacial score (nSPS) is 11.5. The van der Waals surface area contributed by atoms with Crippen LogP contribution in [-0.4, -0.2) is 63.6 Å². The minimum absolute atomic E-state index is 0.150. The minimum atomic E-state index is -3.45. The maximum atomic E-state index is 13.1. The van der Waals surface area contributed by atoms with Gasteiger partial charge in [0, 0.05) is 22.8 Å². The van der Waals surface area contributed by atoms with Crippen LogP contribution in [0, 0.1) is 6.92 Å². The third-order valence-corrected chi connectivity index (χ3v) is 7.10. The fourth-order valence-electron chi connectivity index (χ4n) is 3.21. The first kappa shape index (κ1) is 25.2. The molecule has 7 nitrogen and oxygen atoms in total. The van der Waals surface area contributed by atoms with Gasteiger partial charge in [0.25, 0.3) is 0 Å². The lowest BCUT2D eigenvalue weighted by Gasteiger charge is -2.26. The molecule has 0 aliphatic heterocycles. The second kappa shape index (κ2) is 11.5. The van der Waals surface area contributed by atoms with Gasteiger partial charge in [0.2, 0.25) is 15.9 Å². The Morgan fingerprint density at radius 1 is 1.06 bits per heavy atom. The number of hydrogen-bond acceptors (Lipinski definition) is 6. The average molecular weight is 469 g/mol. The highest BCUT2D eigenvalue weighted by Crippen LogP contribution is 2.28. The zero-order valence-electron chi connectivity index (χ0n) is 18.9. The number of nitrogens with zero attached hydrogens (tertiary/aromatic N) is 2. The van der Waals surface area contributed by atoms with Crippen molar-refractivity contribution < 1.29 is 22.7 Å². The Morgan fingerprint density at radius 3 is 2.32 bits per heavy atom. The van der Waals surface area contributed by atoms with Crippen LogP contribution in [0.3, 0.4) is 0 Å². The molecule has 0 fully saturated rings. The van der Waals surface area contributed by atoms with Crippen molar-refractivity contribution in [3.05, 3.63) is 45.6 Å². The zero-order chi connectivity index (χ0) is 23.0. The molecule has 1 amide bonds. The molecule has 1 aromatic heterocycles. The monoisotopic (exact) mass is 468 g/mol. The summed E-state index contributed by atoms with van der Waals surface area (Å²) in [5.74, 6) is 1.08. The van der Waals surface area contributed by atoms with Crippen molar-refractivity contribution in [2.24, 2.45) is 0 Å². The summed E-state index contributed by atoms with van der Waals surface area (Å²) >= 11 is 1.64. The molecule has 1 heterocycles. The van der Waals surface area contributed by atoms with E-state index in [1.165, 1.54) is 9.18 Å². The number of rotatable bonds is 12. The van der Waals surface area contributed by atoms with Gasteiger partial charge in [-0.15, -0.1) is 11.3 Å². The Bertz CT molecular complexity index is 972. The van der Waals surface area contributed by atoms with E-state index in [0.29, 0.717) is 44.0 Å². The molecule has 0 aliphatic carbocycles. The summed E-state index contributed by atoms with van der Waals surface area (Å²) in [7, 11) is -0.275. The Balaban J connectivity index is 2.19. The predicted molar refractivity (Wildman–Crippen MR) is 124 cm³/mol. The number of hydrogen-bond donors (Lipinski definition) is 0. The van der Waals surface area contributed by atoms with E-state index in [4.69, 9.17) is 9.47 Å². The van der Waals surface area contributed by atoms with Crippen LogP contribution in [0.15, 0.2) is 30.3 Å². The quantitative estimate of drug-likeness (QED) is 0.478. The number of sulfonamides is 1. The number of carbonyl (C=O) groups excluding carboxylic acids is 1. The molecule has 0 saturated carbocycles. The Hall–Kier alpha value is -2.10. The van der Waals surface area contributed by atoms with Crippen molar-refractivity contribution in [1.82, 2.24) is 9.21 Å². The maximum absolute atomic E-state index is 13.1. The summed E-state index contributed by atoms with van der Waals surface area (Å²) in [6.45, 7) is 5.01. The zero-order valence-corrected chi connectivity index (χ0v) is 20.5. The Kier molecular flexibility index (Phi) is 9.33. The first-order chi connectivity index (χ1) is 14.7. The van der Waals surface area contributed by atoms with Crippen LogP contribution in [0.25, 0.3) is 0 Å². The van der Waals surface area contributed by atoms with Gasteiger partial charge in [-0.2, -0.15) is 4.31 Å². The van der Waals surface area contributed by atoms with Gasteiger partial charge in [-0.25, -0.2) is 8.42 Å². The molecule has 0 bridgehead atoms. The molecule has 2 rings (SSSR count). The fraction of sp³-hybridized carbons (Fsp3) is 0.500. The standard InChI is InChI=1S/C22H32N2O5S2/c1-6-12-24(31(5,26)27)16-22(25)23(15-19-9-7-17(2)30-19)13-11-18-8-10-20(28-3)21(14-18)29-4/h7-10,14H,6,11-13,15-16H2,1-5H3. The number of ether oxygens (including phenoxy) is 2. The van der Waals surface area contributed by atoms with Gasteiger partial charge in [0.1, 0.15) is 0 Å². The smallest absolute Gasteiger partial charge is 0.238 e. The van der Waals surface area contributed by atoms with Gasteiger partial charge < -0.3 is 14.4 Å². The molecule has 172 valence electrons. The third-order valence-electron chi connectivity index (χ3n) is 4.87. The van der Waals surface area contributed by atoms with Gasteiger partial charge in [0.05, 0.1) is 33.6 Å². The van der Waals surface area contributed by atoms with Gasteiger partial charge in [-0.1, -0.05) is 13.0 Å². The average Bonchev–Trinajstić information content (AvgIpc) is 3.14. The van der Waals surface area contributed by atoms with E-state index in [-0.39, 0.29) is 12.5 Å². The number of benzene rings is 1. The molecule has 1 aromatic carbocycles. The van der Waals surface area contributed by atoms with Crippen LogP contribution in [0.2, 0.25) is 0 Å². The lowest BCUT2D eigenvalue weighted by molar-refractivity contribution is -0.132. The molecule has 0 aliphatic rings. The molecule has 0 spiro atoms. The predicted octanol–water partition coefficient (Wildman–Crippen LogP) is 3.32. The van der Waals surface area contributed by atoms with E-state index in [1.807, 2.05) is 44.2 Å².